The lowest BCUT2D eigenvalue weighted by Crippen LogP contribution is -2.25. The summed E-state index contributed by atoms with van der Waals surface area (Å²) in [6.07, 6.45) is 12.7. The third-order valence-corrected chi connectivity index (χ3v) is 5.16. The lowest BCUT2D eigenvalue weighted by Gasteiger charge is -2.16. The Balaban J connectivity index is 2.40. The average Bonchev–Trinajstić information content (AvgIpc) is 2.94. The molecule has 0 unspecified atom stereocenters. The largest absolute Gasteiger partial charge is 0.395 e. The number of Topliss-reactive ketones (excluding diaryl/α,β-unsaturated/α-hetero) is 1. The summed E-state index contributed by atoms with van der Waals surface area (Å²) in [6.45, 7) is 2.34. The summed E-state index contributed by atoms with van der Waals surface area (Å²) < 4.78 is 0. The Morgan fingerprint density at radius 3 is 2.79 bits per heavy atom. The van der Waals surface area contributed by atoms with Crippen molar-refractivity contribution in [3.05, 3.63) is 24.3 Å². The lowest BCUT2D eigenvalue weighted by atomic mass is 9.90. The summed E-state index contributed by atoms with van der Waals surface area (Å²) in [6, 6.07) is 0. The maximum absolute atomic E-state index is 12.2. The smallest absolute Gasteiger partial charge is 0.220 e. The van der Waals surface area contributed by atoms with Gasteiger partial charge in [-0.3, -0.25) is 9.59 Å². The number of ketones is 1. The number of amides is 1. The van der Waals surface area contributed by atoms with E-state index in [1.807, 2.05) is 18.2 Å². The summed E-state index contributed by atoms with van der Waals surface area (Å²) in [5.41, 5.74) is 0. The third kappa shape index (κ3) is 9.62. The number of aliphatic hydroxyl groups excluding tert-OH is 3. The normalized spacial score (nSPS) is 23.7. The van der Waals surface area contributed by atoms with E-state index in [1.165, 1.54) is 0 Å². The van der Waals surface area contributed by atoms with E-state index >= 15 is 0 Å². The zero-order valence-electron chi connectivity index (χ0n) is 17.1. The second-order valence-electron chi connectivity index (χ2n) is 7.54. The van der Waals surface area contributed by atoms with Gasteiger partial charge in [0.25, 0.3) is 0 Å². The standard InChI is InChI=1S/C22H37NO5/c1-2-3-6-9-17(25)12-13-19-18(20(26)16-21(19)27)10-7-4-5-8-11-22(28)23-14-15-24/h4,7,12-13,17-19,21,24-25,27H,2-3,5-6,8-11,14-16H2,1H3,(H,23,28)/b7-4-,13-12+/t17-,18-,19-,21-/m1/s1. The molecule has 0 heterocycles. The second-order valence-corrected chi connectivity index (χ2v) is 7.54. The van der Waals surface area contributed by atoms with Crippen LogP contribution in [0.25, 0.3) is 0 Å². The van der Waals surface area contributed by atoms with Gasteiger partial charge in [-0.05, 0) is 25.7 Å². The molecule has 160 valence electrons. The van der Waals surface area contributed by atoms with Gasteiger partial charge in [0.2, 0.25) is 5.91 Å². The van der Waals surface area contributed by atoms with E-state index in [0.717, 1.165) is 25.7 Å². The quantitative estimate of drug-likeness (QED) is 0.267. The van der Waals surface area contributed by atoms with Crippen LogP contribution in [-0.4, -0.2) is 52.4 Å². The number of hydrogen-bond donors (Lipinski definition) is 4. The second kappa shape index (κ2) is 14.5. The van der Waals surface area contributed by atoms with Crippen LogP contribution in [0.2, 0.25) is 0 Å². The Hall–Kier alpha value is -1.50. The Morgan fingerprint density at radius 1 is 1.29 bits per heavy atom. The molecule has 6 nitrogen and oxygen atoms in total. The summed E-state index contributed by atoms with van der Waals surface area (Å²) in [5.74, 6) is -0.504. The molecule has 1 aliphatic carbocycles. The Bertz CT molecular complexity index is 517. The van der Waals surface area contributed by atoms with Crippen LogP contribution in [0.15, 0.2) is 24.3 Å². The van der Waals surface area contributed by atoms with Gasteiger partial charge in [0.05, 0.1) is 18.8 Å². The number of aliphatic hydroxyl groups is 3. The van der Waals surface area contributed by atoms with Crippen molar-refractivity contribution in [2.75, 3.05) is 13.2 Å². The molecule has 1 fully saturated rings. The minimum absolute atomic E-state index is 0.0573. The van der Waals surface area contributed by atoms with E-state index < -0.39 is 12.2 Å². The van der Waals surface area contributed by atoms with E-state index in [1.54, 1.807) is 6.08 Å². The molecule has 0 aromatic rings. The highest BCUT2D eigenvalue weighted by Gasteiger charge is 2.39. The predicted octanol–water partition coefficient (Wildman–Crippen LogP) is 2.28. The molecule has 4 N–H and O–H groups in total. The molecule has 0 radical (unpaired) electrons. The summed E-state index contributed by atoms with van der Waals surface area (Å²) >= 11 is 0. The molecule has 1 saturated carbocycles. The van der Waals surface area contributed by atoms with E-state index in [4.69, 9.17) is 5.11 Å². The fraction of sp³-hybridized carbons (Fsp3) is 0.727. The van der Waals surface area contributed by atoms with Crippen molar-refractivity contribution in [3.63, 3.8) is 0 Å². The van der Waals surface area contributed by atoms with Gasteiger partial charge in [-0.15, -0.1) is 0 Å². The first kappa shape index (κ1) is 24.5. The molecular formula is C22H37NO5. The minimum atomic E-state index is -0.680. The average molecular weight is 396 g/mol. The summed E-state index contributed by atoms with van der Waals surface area (Å²) in [5, 5.41) is 31.5. The van der Waals surface area contributed by atoms with Crippen LogP contribution >= 0.6 is 0 Å². The monoisotopic (exact) mass is 395 g/mol. The molecule has 6 heteroatoms. The van der Waals surface area contributed by atoms with Gasteiger partial charge in [0, 0.05) is 31.2 Å². The number of allylic oxidation sites excluding steroid dienone is 2. The Morgan fingerprint density at radius 2 is 2.07 bits per heavy atom. The molecule has 0 saturated heterocycles. The number of carbonyl (C=O) groups excluding carboxylic acids is 2. The Labute approximate surface area is 168 Å². The highest BCUT2D eigenvalue weighted by atomic mass is 16.3. The van der Waals surface area contributed by atoms with E-state index in [2.05, 4.69) is 12.2 Å². The zero-order valence-corrected chi connectivity index (χ0v) is 17.1. The van der Waals surface area contributed by atoms with E-state index in [9.17, 15) is 19.8 Å². The summed E-state index contributed by atoms with van der Waals surface area (Å²) in [7, 11) is 0. The van der Waals surface area contributed by atoms with Gasteiger partial charge in [0.15, 0.2) is 0 Å². The maximum atomic E-state index is 12.2. The van der Waals surface area contributed by atoms with Crippen LogP contribution in [0.3, 0.4) is 0 Å². The molecule has 0 bridgehead atoms. The third-order valence-electron chi connectivity index (χ3n) is 5.16. The number of hydrogen-bond acceptors (Lipinski definition) is 5. The van der Waals surface area contributed by atoms with Gasteiger partial charge in [-0.1, -0.05) is 50.5 Å². The van der Waals surface area contributed by atoms with Crippen molar-refractivity contribution in [2.24, 2.45) is 11.8 Å². The van der Waals surface area contributed by atoms with Gasteiger partial charge in [-0.25, -0.2) is 0 Å². The topological polar surface area (TPSA) is 107 Å². The highest BCUT2D eigenvalue weighted by Crippen LogP contribution is 2.33. The van der Waals surface area contributed by atoms with Crippen LogP contribution in [0, 0.1) is 11.8 Å². The first-order valence-corrected chi connectivity index (χ1v) is 10.6. The van der Waals surface area contributed by atoms with Crippen LogP contribution in [0.5, 0.6) is 0 Å². The molecule has 1 aliphatic rings. The van der Waals surface area contributed by atoms with Crippen LogP contribution in [-0.2, 0) is 9.59 Å². The molecule has 1 rings (SSSR count). The molecular weight excluding hydrogens is 358 g/mol. The molecule has 1 amide bonds. The SMILES string of the molecule is CCCCC[C@@H](O)/C=C/[C@H]1[C@H](O)CC(=O)[C@@H]1C/C=C\CCCC(=O)NCCO. The summed E-state index contributed by atoms with van der Waals surface area (Å²) in [4.78, 5) is 23.6. The van der Waals surface area contributed by atoms with Crippen LogP contribution in [0.4, 0.5) is 0 Å². The minimum Gasteiger partial charge on any atom is -0.395 e. The van der Waals surface area contributed by atoms with Gasteiger partial charge in [-0.2, -0.15) is 0 Å². The van der Waals surface area contributed by atoms with Gasteiger partial charge in [0.1, 0.15) is 5.78 Å². The fourth-order valence-corrected chi connectivity index (χ4v) is 3.51. The number of nitrogens with one attached hydrogen (secondary N) is 1. The molecule has 4 atom stereocenters. The molecule has 0 spiro atoms. The van der Waals surface area contributed by atoms with Gasteiger partial charge >= 0.3 is 0 Å². The number of unbranched alkanes of at least 4 members (excludes halogenated alkanes) is 3. The van der Waals surface area contributed by atoms with Gasteiger partial charge < -0.3 is 20.6 Å². The van der Waals surface area contributed by atoms with Crippen molar-refractivity contribution in [1.82, 2.24) is 5.32 Å². The first-order chi connectivity index (χ1) is 13.5. The number of rotatable bonds is 14. The fourth-order valence-electron chi connectivity index (χ4n) is 3.51. The molecule has 0 aromatic heterocycles. The highest BCUT2D eigenvalue weighted by molar-refractivity contribution is 5.84. The van der Waals surface area contributed by atoms with E-state index in [0.29, 0.717) is 25.7 Å². The van der Waals surface area contributed by atoms with Crippen molar-refractivity contribution in [2.45, 2.75) is 76.9 Å². The predicted molar refractivity (Wildman–Crippen MR) is 110 cm³/mol. The van der Waals surface area contributed by atoms with Crippen molar-refractivity contribution in [1.29, 1.82) is 0 Å². The maximum Gasteiger partial charge on any atom is 0.220 e. The molecule has 0 aliphatic heterocycles. The van der Waals surface area contributed by atoms with Crippen molar-refractivity contribution < 1.29 is 24.9 Å². The number of carbonyl (C=O) groups is 2. The zero-order chi connectivity index (χ0) is 20.8. The van der Waals surface area contributed by atoms with Crippen LogP contribution in [0.1, 0.15) is 64.7 Å². The molecule has 0 aromatic carbocycles. The Kier molecular flexibility index (Phi) is 12.7. The van der Waals surface area contributed by atoms with Crippen molar-refractivity contribution >= 4 is 11.7 Å². The van der Waals surface area contributed by atoms with Crippen molar-refractivity contribution in [3.8, 4) is 0 Å². The lowest BCUT2D eigenvalue weighted by molar-refractivity contribution is -0.122. The van der Waals surface area contributed by atoms with E-state index in [-0.39, 0.29) is 43.1 Å². The molecule has 28 heavy (non-hydrogen) atoms. The first-order valence-electron chi connectivity index (χ1n) is 10.6. The van der Waals surface area contributed by atoms with Crippen LogP contribution < -0.4 is 5.32 Å².